The highest BCUT2D eigenvalue weighted by Gasteiger charge is 2.35. The van der Waals surface area contributed by atoms with Crippen molar-refractivity contribution in [2.75, 3.05) is 34.5 Å². The fraction of sp³-hybridized carbons (Fsp3) is 0.366. The van der Waals surface area contributed by atoms with Crippen molar-refractivity contribution >= 4 is 45.5 Å². The van der Waals surface area contributed by atoms with Gasteiger partial charge in [0.05, 0.1) is 53.3 Å². The molecule has 1 aliphatic rings. The third-order valence-electron chi connectivity index (χ3n) is 8.65. The van der Waals surface area contributed by atoms with E-state index in [4.69, 9.17) is 23.7 Å². The predicted octanol–water partition coefficient (Wildman–Crippen LogP) is 6.19. The van der Waals surface area contributed by atoms with Gasteiger partial charge in [-0.3, -0.25) is 19.2 Å². The lowest BCUT2D eigenvalue weighted by Crippen LogP contribution is -2.37. The Morgan fingerprint density at radius 2 is 1.52 bits per heavy atom. The quantitative estimate of drug-likeness (QED) is 0.0822. The van der Waals surface area contributed by atoms with Gasteiger partial charge in [-0.15, -0.1) is 0 Å². The Morgan fingerprint density at radius 1 is 0.865 bits per heavy atom. The molecule has 1 aliphatic carbocycles. The summed E-state index contributed by atoms with van der Waals surface area (Å²) in [5.74, 6) is -0.935. The van der Waals surface area contributed by atoms with E-state index in [1.165, 1.54) is 21.3 Å². The number of benzene rings is 3. The Balaban J connectivity index is 1.34. The number of para-hydroxylation sites is 1. The highest BCUT2D eigenvalue weighted by Crippen LogP contribution is 2.44. The molecule has 0 bridgehead atoms. The summed E-state index contributed by atoms with van der Waals surface area (Å²) in [6, 6.07) is 20.7. The zero-order valence-corrected chi connectivity index (χ0v) is 30.6. The van der Waals surface area contributed by atoms with E-state index in [0.717, 1.165) is 16.5 Å². The van der Waals surface area contributed by atoms with E-state index in [1.807, 2.05) is 65.4 Å². The number of allylic oxidation sites excluding steroid dienone is 2. The van der Waals surface area contributed by atoms with Crippen LogP contribution in [-0.2, 0) is 41.8 Å². The van der Waals surface area contributed by atoms with E-state index in [1.54, 1.807) is 32.9 Å². The van der Waals surface area contributed by atoms with E-state index in [0.29, 0.717) is 65.6 Å². The number of fused-ring (bicyclic) bond motifs is 1. The summed E-state index contributed by atoms with van der Waals surface area (Å²) >= 11 is 0. The van der Waals surface area contributed by atoms with Gasteiger partial charge < -0.3 is 33.6 Å². The van der Waals surface area contributed by atoms with Gasteiger partial charge in [0.15, 0.2) is 23.1 Å². The first-order chi connectivity index (χ1) is 24.9. The lowest BCUT2D eigenvalue weighted by atomic mass is 9.95. The Kier molecular flexibility index (Phi) is 12.2. The molecule has 1 heterocycles. The normalized spacial score (nSPS) is 13.7. The molecule has 5 rings (SSSR count). The van der Waals surface area contributed by atoms with Crippen LogP contribution in [0.2, 0.25) is 0 Å². The molecule has 0 radical (unpaired) electrons. The highest BCUT2D eigenvalue weighted by molar-refractivity contribution is 6.51. The van der Waals surface area contributed by atoms with Gasteiger partial charge in [-0.05, 0) is 56.5 Å². The van der Waals surface area contributed by atoms with Gasteiger partial charge in [0, 0.05) is 46.9 Å². The average molecular weight is 711 g/mol. The number of ketones is 2. The molecule has 52 heavy (non-hydrogen) atoms. The molecule has 0 spiro atoms. The number of carbonyl (C=O) groups excluding carboxylic acids is 4. The van der Waals surface area contributed by atoms with Crippen LogP contribution in [0.15, 0.2) is 72.9 Å². The second kappa shape index (κ2) is 16.7. The smallest absolute Gasteiger partial charge is 0.307 e. The van der Waals surface area contributed by atoms with Gasteiger partial charge in [0.2, 0.25) is 11.7 Å². The summed E-state index contributed by atoms with van der Waals surface area (Å²) in [4.78, 5) is 52.9. The topological polar surface area (TPSA) is 131 Å². The second-order valence-electron chi connectivity index (χ2n) is 13.6. The zero-order chi connectivity index (χ0) is 37.4. The van der Waals surface area contributed by atoms with Gasteiger partial charge in [-0.1, -0.05) is 48.5 Å². The molecule has 274 valence electrons. The van der Waals surface area contributed by atoms with Crippen LogP contribution >= 0.6 is 0 Å². The van der Waals surface area contributed by atoms with Gasteiger partial charge in [0.25, 0.3) is 0 Å². The Morgan fingerprint density at radius 3 is 2.17 bits per heavy atom. The van der Waals surface area contributed by atoms with Crippen molar-refractivity contribution in [2.45, 2.75) is 58.8 Å². The molecule has 0 aliphatic heterocycles. The molecule has 1 atom stereocenters. The van der Waals surface area contributed by atoms with Crippen molar-refractivity contribution in [3.63, 3.8) is 0 Å². The van der Waals surface area contributed by atoms with E-state index >= 15 is 0 Å². The second-order valence-corrected chi connectivity index (χ2v) is 13.6. The Bertz CT molecular complexity index is 1950. The van der Waals surface area contributed by atoms with Gasteiger partial charge in [-0.25, -0.2) is 0 Å². The number of aromatic nitrogens is 1. The van der Waals surface area contributed by atoms with Crippen molar-refractivity contribution in [1.82, 2.24) is 9.88 Å². The molecule has 3 aromatic carbocycles. The Labute approximate surface area is 303 Å². The molecule has 0 saturated heterocycles. The van der Waals surface area contributed by atoms with Crippen molar-refractivity contribution in [1.29, 1.82) is 0 Å². The number of methoxy groups -OCH3 is 3. The molecule has 0 fully saturated rings. The van der Waals surface area contributed by atoms with Crippen molar-refractivity contribution in [3.8, 4) is 17.2 Å². The first kappa shape index (κ1) is 37.8. The molecule has 11 heteroatoms. The number of nitrogens with one attached hydrogen (secondary N) is 1. The highest BCUT2D eigenvalue weighted by atomic mass is 16.6. The van der Waals surface area contributed by atoms with Crippen LogP contribution in [0, 0.1) is 5.92 Å². The number of rotatable bonds is 16. The van der Waals surface area contributed by atoms with E-state index in [2.05, 4.69) is 5.32 Å². The van der Waals surface area contributed by atoms with E-state index < -0.39 is 17.5 Å². The van der Waals surface area contributed by atoms with Crippen molar-refractivity contribution in [2.24, 2.45) is 5.92 Å². The standard InChI is InChI=1S/C41H46N2O9/c1-41(2,3)52-36(46)21-28(25-51-24-26-13-8-7-9-14-26)40(47)42-17-12-18-43-23-30(29-15-10-11-16-31(29)43)38-33(45)22-32(44)37(38)27-19-34(48-4)39(50-6)35(20-27)49-5/h7-11,13-16,19-20,23,28H,12,17-18,21-22,24-25H2,1-6H3,(H,42,47). The summed E-state index contributed by atoms with van der Waals surface area (Å²) in [5.41, 5.74) is 2.94. The SMILES string of the molecule is COc1cc(C2=C(c3cn(CCCNC(=O)C(COCc4ccccc4)CC(=O)OC(C)(C)C)c4ccccc34)C(=O)CC2=O)cc(OC)c1OC. The fourth-order valence-corrected chi connectivity index (χ4v) is 6.36. The van der Waals surface area contributed by atoms with Gasteiger partial charge in [-0.2, -0.15) is 0 Å². The Hall–Kier alpha value is -5.42. The van der Waals surface area contributed by atoms with Crippen LogP contribution in [0.5, 0.6) is 17.2 Å². The van der Waals surface area contributed by atoms with Crippen LogP contribution < -0.4 is 19.5 Å². The number of aryl methyl sites for hydroxylation is 1. The summed E-state index contributed by atoms with van der Waals surface area (Å²) < 4.78 is 29.9. The number of Topliss-reactive ketones (excluding diaryl/α,β-unsaturated/α-hetero) is 2. The van der Waals surface area contributed by atoms with Crippen LogP contribution in [0.25, 0.3) is 22.0 Å². The first-order valence-corrected chi connectivity index (χ1v) is 17.2. The molecule has 1 unspecified atom stereocenters. The van der Waals surface area contributed by atoms with E-state index in [9.17, 15) is 19.2 Å². The monoisotopic (exact) mass is 710 g/mol. The fourth-order valence-electron chi connectivity index (χ4n) is 6.36. The van der Waals surface area contributed by atoms with Crippen LogP contribution in [-0.4, -0.2) is 68.1 Å². The van der Waals surface area contributed by atoms with Crippen molar-refractivity contribution < 1.29 is 42.9 Å². The van der Waals surface area contributed by atoms with Gasteiger partial charge in [0.1, 0.15) is 5.60 Å². The largest absolute Gasteiger partial charge is 0.493 e. The number of esters is 1. The van der Waals surface area contributed by atoms with Crippen LogP contribution in [0.1, 0.15) is 56.7 Å². The molecule has 0 saturated carbocycles. The summed E-state index contributed by atoms with van der Waals surface area (Å²) in [7, 11) is 4.49. The minimum Gasteiger partial charge on any atom is -0.493 e. The third-order valence-corrected chi connectivity index (χ3v) is 8.65. The molecule has 4 aromatic rings. The minimum atomic E-state index is -0.732. The van der Waals surface area contributed by atoms with Crippen molar-refractivity contribution in [3.05, 3.63) is 89.6 Å². The minimum absolute atomic E-state index is 0.0572. The van der Waals surface area contributed by atoms with Crippen LogP contribution in [0.3, 0.4) is 0 Å². The summed E-state index contributed by atoms with van der Waals surface area (Å²) in [6.45, 7) is 6.57. The molecular weight excluding hydrogens is 664 g/mol. The average Bonchev–Trinajstić information content (AvgIpc) is 3.63. The molecular formula is C41H46N2O9. The lowest BCUT2D eigenvalue weighted by molar-refractivity contribution is -0.158. The lowest BCUT2D eigenvalue weighted by Gasteiger charge is -2.22. The number of amides is 1. The third kappa shape index (κ3) is 8.89. The number of ether oxygens (including phenoxy) is 5. The number of nitrogens with zero attached hydrogens (tertiary/aromatic N) is 1. The summed E-state index contributed by atoms with van der Waals surface area (Å²) in [5, 5.41) is 3.79. The molecule has 11 nitrogen and oxygen atoms in total. The molecule has 1 N–H and O–H groups in total. The maximum Gasteiger partial charge on any atom is 0.307 e. The van der Waals surface area contributed by atoms with Crippen LogP contribution in [0.4, 0.5) is 0 Å². The number of hydrogen-bond donors (Lipinski definition) is 1. The molecule has 1 amide bonds. The zero-order valence-electron chi connectivity index (χ0n) is 30.6. The van der Waals surface area contributed by atoms with Gasteiger partial charge >= 0.3 is 5.97 Å². The predicted molar refractivity (Wildman–Crippen MR) is 197 cm³/mol. The number of carbonyl (C=O) groups is 4. The summed E-state index contributed by atoms with van der Waals surface area (Å²) in [6.07, 6.45) is 2.09. The first-order valence-electron chi connectivity index (χ1n) is 17.2. The maximum absolute atomic E-state index is 13.5. The maximum atomic E-state index is 13.5. The van der Waals surface area contributed by atoms with E-state index in [-0.39, 0.29) is 36.9 Å². The molecule has 1 aromatic heterocycles. The number of hydrogen-bond acceptors (Lipinski definition) is 9.